The molecular weight excluding hydrogens is 396 g/mol. The molecule has 2 amide bonds. The zero-order chi connectivity index (χ0) is 21.1. The molecule has 152 valence electrons. The van der Waals surface area contributed by atoms with Crippen molar-refractivity contribution in [2.75, 3.05) is 16.8 Å². The van der Waals surface area contributed by atoms with Gasteiger partial charge in [0.05, 0.1) is 4.92 Å². The first-order valence-electron chi connectivity index (χ1n) is 9.19. The Labute approximate surface area is 173 Å². The summed E-state index contributed by atoms with van der Waals surface area (Å²) in [5.41, 5.74) is 0.814. The number of hydrogen-bond donors (Lipinski definition) is 2. The van der Waals surface area contributed by atoms with Gasteiger partial charge in [-0.25, -0.2) is 0 Å². The van der Waals surface area contributed by atoms with Crippen molar-refractivity contribution < 1.29 is 14.5 Å². The molecule has 8 nitrogen and oxygen atoms in total. The van der Waals surface area contributed by atoms with Gasteiger partial charge in [-0.05, 0) is 50.6 Å². The second kappa shape index (κ2) is 8.48. The number of carbonyl (C=O) groups excluding carboxylic acids is 2. The number of carbonyl (C=O) groups is 2. The molecule has 1 aliphatic rings. The number of halogens is 1. The maximum atomic E-state index is 12.8. The highest BCUT2D eigenvalue weighted by atomic mass is 35.5. The van der Waals surface area contributed by atoms with Crippen LogP contribution >= 0.6 is 11.6 Å². The molecule has 29 heavy (non-hydrogen) atoms. The lowest BCUT2D eigenvalue weighted by molar-refractivity contribution is -0.384. The minimum absolute atomic E-state index is 0.0899. The summed E-state index contributed by atoms with van der Waals surface area (Å²) in [6.45, 7) is 4.08. The summed E-state index contributed by atoms with van der Waals surface area (Å²) in [5.74, 6) is -0.582. The molecule has 1 saturated heterocycles. The summed E-state index contributed by atoms with van der Waals surface area (Å²) < 4.78 is 0. The molecule has 1 unspecified atom stereocenters. The zero-order valence-corrected chi connectivity index (χ0v) is 16.8. The lowest BCUT2D eigenvalue weighted by Crippen LogP contribution is -2.33. The summed E-state index contributed by atoms with van der Waals surface area (Å²) in [5, 5.41) is 17.7. The summed E-state index contributed by atoms with van der Waals surface area (Å²) in [6, 6.07) is 10.5. The van der Waals surface area contributed by atoms with Crippen LogP contribution in [0.15, 0.2) is 42.5 Å². The first kappa shape index (κ1) is 20.6. The first-order valence-corrected chi connectivity index (χ1v) is 9.57. The number of nitrogens with zero attached hydrogens (tertiary/aromatic N) is 2. The van der Waals surface area contributed by atoms with Crippen molar-refractivity contribution in [1.29, 1.82) is 0 Å². The molecule has 0 radical (unpaired) electrons. The Hall–Kier alpha value is -3.13. The van der Waals surface area contributed by atoms with E-state index in [-0.39, 0.29) is 28.9 Å². The molecular formula is C20H21ClN4O4. The van der Waals surface area contributed by atoms with E-state index < -0.39 is 16.9 Å². The lowest BCUT2D eigenvalue weighted by Gasteiger charge is -2.18. The van der Waals surface area contributed by atoms with Gasteiger partial charge in [0.15, 0.2) is 0 Å². The molecule has 3 rings (SSSR count). The highest BCUT2D eigenvalue weighted by Gasteiger charge is 2.34. The number of nitrogens with one attached hydrogen (secondary N) is 2. The Balaban J connectivity index is 1.80. The number of nitro benzene ring substituents is 1. The summed E-state index contributed by atoms with van der Waals surface area (Å²) in [6.07, 6.45) is 0.484. The van der Waals surface area contributed by atoms with Crippen LogP contribution in [0.1, 0.15) is 30.6 Å². The molecule has 0 spiro atoms. The van der Waals surface area contributed by atoms with Gasteiger partial charge in [0.2, 0.25) is 5.91 Å². The third-order valence-corrected chi connectivity index (χ3v) is 4.77. The van der Waals surface area contributed by atoms with E-state index in [1.165, 1.54) is 18.2 Å². The van der Waals surface area contributed by atoms with Crippen LogP contribution in [0, 0.1) is 10.1 Å². The van der Waals surface area contributed by atoms with E-state index in [1.807, 2.05) is 0 Å². The molecule has 1 fully saturated rings. The molecule has 1 aliphatic heterocycles. The van der Waals surface area contributed by atoms with E-state index in [9.17, 15) is 19.7 Å². The third kappa shape index (κ3) is 4.65. The van der Waals surface area contributed by atoms with Crippen LogP contribution in [0.4, 0.5) is 17.1 Å². The lowest BCUT2D eigenvalue weighted by atomic mass is 10.1. The van der Waals surface area contributed by atoms with Crippen LogP contribution in [0.2, 0.25) is 5.02 Å². The average molecular weight is 417 g/mol. The molecule has 9 heteroatoms. The Morgan fingerprint density at radius 3 is 2.69 bits per heavy atom. The molecule has 1 heterocycles. The molecule has 2 N–H and O–H groups in total. The predicted molar refractivity (Wildman–Crippen MR) is 112 cm³/mol. The van der Waals surface area contributed by atoms with E-state index in [4.69, 9.17) is 11.6 Å². The number of nitro groups is 1. The van der Waals surface area contributed by atoms with Crippen LogP contribution in [-0.4, -0.2) is 35.4 Å². The highest BCUT2D eigenvalue weighted by Crippen LogP contribution is 2.30. The fourth-order valence-electron chi connectivity index (χ4n) is 3.19. The minimum Gasteiger partial charge on any atom is -0.368 e. The van der Waals surface area contributed by atoms with Gasteiger partial charge in [0.25, 0.3) is 11.6 Å². The Morgan fingerprint density at radius 1 is 1.28 bits per heavy atom. The molecule has 1 atom stereocenters. The predicted octanol–water partition coefficient (Wildman–Crippen LogP) is 3.60. The van der Waals surface area contributed by atoms with Crippen molar-refractivity contribution in [1.82, 2.24) is 5.32 Å². The van der Waals surface area contributed by atoms with Crippen LogP contribution < -0.4 is 15.5 Å². The topological polar surface area (TPSA) is 105 Å². The SMILES string of the molecule is CC(C)NC(=O)c1ccc(NC2CCN(c3cccc(Cl)c3)C2=O)c([N+](=O)[O-])c1. The molecule has 2 aromatic carbocycles. The molecule has 0 aliphatic carbocycles. The summed E-state index contributed by atoms with van der Waals surface area (Å²) in [7, 11) is 0. The second-order valence-electron chi connectivity index (χ2n) is 7.07. The van der Waals surface area contributed by atoms with Gasteiger partial charge in [-0.1, -0.05) is 17.7 Å². The number of rotatable bonds is 6. The van der Waals surface area contributed by atoms with Crippen molar-refractivity contribution in [3.8, 4) is 0 Å². The molecule has 0 saturated carbocycles. The monoisotopic (exact) mass is 416 g/mol. The summed E-state index contributed by atoms with van der Waals surface area (Å²) >= 11 is 6.00. The van der Waals surface area contributed by atoms with Crippen molar-refractivity contribution in [3.05, 3.63) is 63.2 Å². The van der Waals surface area contributed by atoms with Gasteiger partial charge in [-0.2, -0.15) is 0 Å². The minimum atomic E-state index is -0.608. The van der Waals surface area contributed by atoms with E-state index >= 15 is 0 Å². The molecule has 2 aromatic rings. The average Bonchev–Trinajstić information content (AvgIpc) is 3.01. The number of hydrogen-bond acceptors (Lipinski definition) is 5. The fraction of sp³-hybridized carbons (Fsp3) is 0.300. The quantitative estimate of drug-likeness (QED) is 0.553. The van der Waals surface area contributed by atoms with E-state index in [0.717, 1.165) is 0 Å². The fourth-order valence-corrected chi connectivity index (χ4v) is 3.38. The third-order valence-electron chi connectivity index (χ3n) is 4.53. The highest BCUT2D eigenvalue weighted by molar-refractivity contribution is 6.31. The van der Waals surface area contributed by atoms with Gasteiger partial charge < -0.3 is 15.5 Å². The number of amides is 2. The maximum Gasteiger partial charge on any atom is 0.293 e. The van der Waals surface area contributed by atoms with Gasteiger partial charge in [0, 0.05) is 34.9 Å². The molecule has 0 bridgehead atoms. The zero-order valence-electron chi connectivity index (χ0n) is 16.0. The molecule has 0 aromatic heterocycles. The Kier molecular flexibility index (Phi) is 6.03. The first-order chi connectivity index (χ1) is 13.8. The Morgan fingerprint density at radius 2 is 2.03 bits per heavy atom. The van der Waals surface area contributed by atoms with Crippen LogP contribution in [-0.2, 0) is 4.79 Å². The van der Waals surface area contributed by atoms with E-state index in [1.54, 1.807) is 43.0 Å². The number of benzene rings is 2. The van der Waals surface area contributed by atoms with Crippen LogP contribution in [0.25, 0.3) is 0 Å². The van der Waals surface area contributed by atoms with Crippen LogP contribution in [0.3, 0.4) is 0 Å². The van der Waals surface area contributed by atoms with Gasteiger partial charge >= 0.3 is 0 Å². The van der Waals surface area contributed by atoms with Crippen molar-refractivity contribution in [2.45, 2.75) is 32.4 Å². The largest absolute Gasteiger partial charge is 0.368 e. The smallest absolute Gasteiger partial charge is 0.293 e. The maximum absolute atomic E-state index is 12.8. The van der Waals surface area contributed by atoms with Crippen molar-refractivity contribution in [3.63, 3.8) is 0 Å². The van der Waals surface area contributed by atoms with E-state index in [2.05, 4.69) is 10.6 Å². The normalized spacial score (nSPS) is 16.2. The number of anilines is 2. The van der Waals surface area contributed by atoms with Crippen molar-refractivity contribution >= 4 is 40.5 Å². The standard InChI is InChI=1S/C20H21ClN4O4/c1-12(2)22-19(26)13-6-7-16(18(10-13)25(28)29)23-17-8-9-24(20(17)27)15-5-3-4-14(21)11-15/h3-7,10-12,17,23H,8-9H2,1-2H3,(H,22,26). The summed E-state index contributed by atoms with van der Waals surface area (Å²) in [4.78, 5) is 37.5. The van der Waals surface area contributed by atoms with Gasteiger partial charge in [-0.15, -0.1) is 0 Å². The Bertz CT molecular complexity index is 963. The second-order valence-corrected chi connectivity index (χ2v) is 7.51. The van der Waals surface area contributed by atoms with Crippen molar-refractivity contribution in [2.24, 2.45) is 0 Å². The van der Waals surface area contributed by atoms with Gasteiger partial charge in [-0.3, -0.25) is 19.7 Å². The van der Waals surface area contributed by atoms with Crippen LogP contribution in [0.5, 0.6) is 0 Å². The van der Waals surface area contributed by atoms with Gasteiger partial charge in [0.1, 0.15) is 11.7 Å². The van der Waals surface area contributed by atoms with E-state index in [0.29, 0.717) is 23.7 Å².